The van der Waals surface area contributed by atoms with Gasteiger partial charge in [-0.1, -0.05) is 0 Å². The molecule has 0 aromatic carbocycles. The van der Waals surface area contributed by atoms with Crippen LogP contribution in [0.25, 0.3) is 0 Å². The minimum absolute atomic E-state index is 0.117. The second kappa shape index (κ2) is 9.72. The molecule has 0 aliphatic heterocycles. The number of hydrogen-bond donors (Lipinski definition) is 1. The first-order valence-corrected chi connectivity index (χ1v) is 7.58. The summed E-state index contributed by atoms with van der Waals surface area (Å²) < 4.78 is 5.52. The number of pyridine rings is 1. The van der Waals surface area contributed by atoms with Gasteiger partial charge in [0.05, 0.1) is 12.3 Å². The fourth-order valence-corrected chi connectivity index (χ4v) is 2.49. The SMILES string of the molecule is CCOc1cccnc1CSCCN(C)C(N=N)=NC#N. The van der Waals surface area contributed by atoms with Crippen molar-refractivity contribution in [2.75, 3.05) is 26.0 Å². The van der Waals surface area contributed by atoms with E-state index >= 15 is 0 Å². The molecule has 0 atom stereocenters. The number of nitrogens with zero attached hydrogens (tertiary/aromatic N) is 5. The first-order valence-electron chi connectivity index (χ1n) is 6.42. The van der Waals surface area contributed by atoms with Gasteiger partial charge in [0.2, 0.25) is 6.19 Å². The number of thioether (sulfide) groups is 1. The number of hydrogen-bond acceptors (Lipinski definition) is 6. The van der Waals surface area contributed by atoms with Crippen molar-refractivity contribution in [1.29, 1.82) is 10.8 Å². The molecule has 0 fully saturated rings. The molecule has 8 heteroatoms. The zero-order chi connectivity index (χ0) is 15.5. The Balaban J connectivity index is 2.43. The van der Waals surface area contributed by atoms with Gasteiger partial charge >= 0.3 is 0 Å². The summed E-state index contributed by atoms with van der Waals surface area (Å²) in [5.74, 6) is 2.48. The minimum Gasteiger partial charge on any atom is -0.492 e. The van der Waals surface area contributed by atoms with Gasteiger partial charge in [0.25, 0.3) is 5.96 Å². The van der Waals surface area contributed by atoms with Gasteiger partial charge < -0.3 is 9.64 Å². The minimum atomic E-state index is 0.117. The lowest BCUT2D eigenvalue weighted by Gasteiger charge is -2.15. The molecule has 0 saturated heterocycles. The van der Waals surface area contributed by atoms with Crippen LogP contribution in [0.2, 0.25) is 0 Å². The molecule has 112 valence electrons. The Bertz CT molecular complexity index is 528. The Morgan fingerprint density at radius 2 is 2.43 bits per heavy atom. The molecular formula is C13H18N6OS. The molecule has 0 spiro atoms. The van der Waals surface area contributed by atoms with Crippen molar-refractivity contribution >= 4 is 17.7 Å². The van der Waals surface area contributed by atoms with Crippen LogP contribution in [0.4, 0.5) is 0 Å². The van der Waals surface area contributed by atoms with Crippen molar-refractivity contribution in [1.82, 2.24) is 9.88 Å². The molecule has 0 radical (unpaired) electrons. The molecule has 1 N–H and O–H groups in total. The van der Waals surface area contributed by atoms with Gasteiger partial charge in [-0.3, -0.25) is 4.98 Å². The lowest BCUT2D eigenvalue weighted by Crippen LogP contribution is -2.27. The number of aromatic nitrogens is 1. The highest BCUT2D eigenvalue weighted by Crippen LogP contribution is 2.20. The Hall–Kier alpha value is -2.14. The van der Waals surface area contributed by atoms with Gasteiger partial charge in [0.1, 0.15) is 5.75 Å². The number of aliphatic imine (C=N–C) groups is 1. The fraction of sp³-hybridized carbons (Fsp3) is 0.462. The summed E-state index contributed by atoms with van der Waals surface area (Å²) >= 11 is 1.70. The molecule has 7 nitrogen and oxygen atoms in total. The number of nitriles is 1. The van der Waals surface area contributed by atoms with E-state index in [1.807, 2.05) is 19.1 Å². The van der Waals surface area contributed by atoms with E-state index in [0.29, 0.717) is 13.2 Å². The summed E-state index contributed by atoms with van der Waals surface area (Å²) in [6, 6.07) is 3.77. The molecular weight excluding hydrogens is 288 g/mol. The average Bonchev–Trinajstić information content (AvgIpc) is 2.50. The van der Waals surface area contributed by atoms with Crippen LogP contribution in [0.1, 0.15) is 12.6 Å². The van der Waals surface area contributed by atoms with E-state index in [-0.39, 0.29) is 5.96 Å². The Morgan fingerprint density at radius 3 is 3.10 bits per heavy atom. The van der Waals surface area contributed by atoms with E-state index < -0.39 is 0 Å². The molecule has 1 rings (SSSR count). The molecule has 0 saturated carbocycles. The van der Waals surface area contributed by atoms with Gasteiger partial charge in [-0.25, -0.2) is 5.53 Å². The van der Waals surface area contributed by atoms with Crippen LogP contribution >= 0.6 is 11.8 Å². The summed E-state index contributed by atoms with van der Waals surface area (Å²) in [5.41, 5.74) is 7.87. The van der Waals surface area contributed by atoms with Crippen molar-refractivity contribution in [3.63, 3.8) is 0 Å². The highest BCUT2D eigenvalue weighted by atomic mass is 32.2. The third-order valence-corrected chi connectivity index (χ3v) is 3.50. The van der Waals surface area contributed by atoms with Crippen LogP contribution in [0.3, 0.4) is 0 Å². The van der Waals surface area contributed by atoms with Crippen LogP contribution in [0.15, 0.2) is 28.4 Å². The number of rotatable bonds is 7. The van der Waals surface area contributed by atoms with Crippen molar-refractivity contribution in [3.8, 4) is 11.9 Å². The first kappa shape index (κ1) is 16.9. The maximum absolute atomic E-state index is 8.48. The Morgan fingerprint density at radius 1 is 1.62 bits per heavy atom. The lowest BCUT2D eigenvalue weighted by molar-refractivity contribution is 0.336. The van der Waals surface area contributed by atoms with E-state index in [1.54, 1.807) is 36.1 Å². The van der Waals surface area contributed by atoms with Crippen LogP contribution in [0, 0.1) is 17.0 Å². The second-order valence-electron chi connectivity index (χ2n) is 3.98. The standard InChI is InChI=1S/C13H18N6OS/c1-3-20-12-5-4-6-16-11(12)9-21-8-7-19(2)13(18-15)17-10-14/h4-6,15H,3,7-9H2,1-2H3. The molecule has 0 aliphatic rings. The zero-order valence-corrected chi connectivity index (χ0v) is 12.9. The van der Waals surface area contributed by atoms with Crippen molar-refractivity contribution in [3.05, 3.63) is 24.0 Å². The molecule has 0 bridgehead atoms. The first-order chi connectivity index (χ1) is 10.2. The summed E-state index contributed by atoms with van der Waals surface area (Å²) in [6.07, 6.45) is 3.39. The Labute approximate surface area is 128 Å². The maximum atomic E-state index is 8.48. The van der Waals surface area contributed by atoms with E-state index in [0.717, 1.165) is 22.9 Å². The number of guanidine groups is 1. The van der Waals surface area contributed by atoms with Crippen LogP contribution in [-0.4, -0.2) is 41.8 Å². The summed E-state index contributed by atoms with van der Waals surface area (Å²) in [7, 11) is 1.75. The Kier molecular flexibility index (Phi) is 7.82. The maximum Gasteiger partial charge on any atom is 0.254 e. The fourth-order valence-electron chi connectivity index (χ4n) is 1.53. The van der Waals surface area contributed by atoms with Crippen LogP contribution < -0.4 is 4.74 Å². The third-order valence-electron chi connectivity index (χ3n) is 2.55. The van der Waals surface area contributed by atoms with E-state index in [4.69, 9.17) is 15.5 Å². The molecule has 1 heterocycles. The number of ether oxygens (including phenoxy) is 1. The van der Waals surface area contributed by atoms with Gasteiger partial charge in [0.15, 0.2) is 0 Å². The van der Waals surface area contributed by atoms with Crippen molar-refractivity contribution in [2.45, 2.75) is 12.7 Å². The lowest BCUT2D eigenvalue weighted by atomic mass is 10.3. The summed E-state index contributed by atoms with van der Waals surface area (Å²) in [4.78, 5) is 9.46. The quantitative estimate of drug-likeness (QED) is 0.274. The largest absolute Gasteiger partial charge is 0.492 e. The van der Waals surface area contributed by atoms with Gasteiger partial charge in [0, 0.05) is 31.3 Å². The van der Waals surface area contributed by atoms with E-state index in [9.17, 15) is 0 Å². The van der Waals surface area contributed by atoms with Gasteiger partial charge in [-0.05, 0) is 19.1 Å². The number of nitrogens with one attached hydrogen (secondary N) is 1. The molecule has 21 heavy (non-hydrogen) atoms. The molecule has 0 unspecified atom stereocenters. The van der Waals surface area contributed by atoms with Crippen LogP contribution in [0.5, 0.6) is 5.75 Å². The second-order valence-corrected chi connectivity index (χ2v) is 5.08. The van der Waals surface area contributed by atoms with E-state index in [1.165, 1.54) is 0 Å². The van der Waals surface area contributed by atoms with Gasteiger partial charge in [-0.15, -0.1) is 10.1 Å². The smallest absolute Gasteiger partial charge is 0.254 e. The summed E-state index contributed by atoms with van der Waals surface area (Å²) in [6.45, 7) is 3.20. The molecule has 0 aliphatic carbocycles. The van der Waals surface area contributed by atoms with Gasteiger partial charge in [-0.2, -0.15) is 17.0 Å². The third kappa shape index (κ3) is 5.79. The van der Waals surface area contributed by atoms with Crippen LogP contribution in [-0.2, 0) is 5.75 Å². The van der Waals surface area contributed by atoms with Crippen molar-refractivity contribution in [2.24, 2.45) is 10.1 Å². The predicted molar refractivity (Wildman–Crippen MR) is 82.4 cm³/mol. The molecule has 1 aromatic rings. The summed E-state index contributed by atoms with van der Waals surface area (Å²) in [5, 5.41) is 11.7. The van der Waals surface area contributed by atoms with E-state index in [2.05, 4.69) is 15.1 Å². The predicted octanol–water partition coefficient (Wildman–Crippen LogP) is 2.51. The zero-order valence-electron chi connectivity index (χ0n) is 12.1. The van der Waals surface area contributed by atoms with Crippen molar-refractivity contribution < 1.29 is 4.74 Å². The highest BCUT2D eigenvalue weighted by molar-refractivity contribution is 7.98. The molecule has 1 aromatic heterocycles. The normalized spacial score (nSPS) is 10.8. The average molecular weight is 306 g/mol. The topological polar surface area (TPSA) is 97.7 Å². The highest BCUT2D eigenvalue weighted by Gasteiger charge is 2.07. The monoisotopic (exact) mass is 306 g/mol. The molecule has 0 amide bonds.